The Balaban J connectivity index is 1.61. The number of aromatic nitrogens is 1. The molecule has 0 atom stereocenters. The second kappa shape index (κ2) is 10.8. The molecular formula is C22H29N5O3S. The van der Waals surface area contributed by atoms with Crippen LogP contribution < -0.4 is 21.1 Å². The third-order valence-corrected chi connectivity index (χ3v) is 6.07. The number of amides is 1. The number of anilines is 3. The van der Waals surface area contributed by atoms with Crippen molar-refractivity contribution in [2.75, 3.05) is 43.9 Å². The lowest BCUT2D eigenvalue weighted by Gasteiger charge is -2.18. The summed E-state index contributed by atoms with van der Waals surface area (Å²) in [5.41, 5.74) is 7.71. The second-order valence-corrected chi connectivity index (χ2v) is 8.04. The molecule has 8 nitrogen and oxygen atoms in total. The van der Waals surface area contributed by atoms with E-state index in [4.69, 9.17) is 15.0 Å². The van der Waals surface area contributed by atoms with Crippen molar-refractivity contribution in [3.63, 3.8) is 0 Å². The van der Waals surface area contributed by atoms with Crippen LogP contribution in [0.1, 0.15) is 29.9 Å². The number of carbonyl (C=O) groups is 1. The molecule has 31 heavy (non-hydrogen) atoms. The number of ether oxygens (including phenoxy) is 1. The molecule has 0 spiro atoms. The number of primary amides is 1. The van der Waals surface area contributed by atoms with E-state index in [2.05, 4.69) is 34.5 Å². The van der Waals surface area contributed by atoms with E-state index in [0.29, 0.717) is 22.2 Å². The van der Waals surface area contributed by atoms with Crippen molar-refractivity contribution in [1.82, 2.24) is 10.1 Å². The minimum atomic E-state index is -0.454. The summed E-state index contributed by atoms with van der Waals surface area (Å²) >= 11 is 1.28. The van der Waals surface area contributed by atoms with Gasteiger partial charge in [-0.3, -0.25) is 4.79 Å². The highest BCUT2D eigenvalue weighted by Gasteiger charge is 2.13. The van der Waals surface area contributed by atoms with Gasteiger partial charge in [-0.1, -0.05) is 19.0 Å². The smallest absolute Gasteiger partial charge is 0.258 e. The van der Waals surface area contributed by atoms with Crippen LogP contribution in [0.3, 0.4) is 0 Å². The number of hydrogen-bond acceptors (Lipinski definition) is 8. The molecular weight excluding hydrogens is 414 g/mol. The summed E-state index contributed by atoms with van der Waals surface area (Å²) in [7, 11) is 1.63. The average molecular weight is 444 g/mol. The Kier molecular flexibility index (Phi) is 7.91. The molecule has 1 amide bonds. The number of hydrogen-bond donors (Lipinski definition) is 3. The SMILES string of the molecule is CCN(CC)CCCNc1ccc(Nc2cc(-c3ccc(C(N)=O)s3)no2)c(OC)c1. The zero-order valence-corrected chi connectivity index (χ0v) is 18.9. The van der Waals surface area contributed by atoms with Crippen molar-refractivity contribution in [2.45, 2.75) is 20.3 Å². The molecule has 0 saturated carbocycles. The predicted molar refractivity (Wildman–Crippen MR) is 126 cm³/mol. The molecule has 0 saturated heterocycles. The van der Waals surface area contributed by atoms with Gasteiger partial charge in [-0.05, 0) is 50.3 Å². The number of nitrogens with two attached hydrogens (primary N) is 1. The first-order valence-corrected chi connectivity index (χ1v) is 11.1. The molecule has 0 fully saturated rings. The topological polar surface area (TPSA) is 106 Å². The first kappa shape index (κ1) is 22.6. The van der Waals surface area contributed by atoms with Crippen LogP contribution in [0.5, 0.6) is 5.75 Å². The molecule has 0 aliphatic carbocycles. The van der Waals surface area contributed by atoms with E-state index in [1.807, 2.05) is 18.2 Å². The van der Waals surface area contributed by atoms with Crippen molar-refractivity contribution < 1.29 is 14.1 Å². The highest BCUT2D eigenvalue weighted by molar-refractivity contribution is 7.17. The molecule has 3 rings (SSSR count). The lowest BCUT2D eigenvalue weighted by Crippen LogP contribution is -2.25. The van der Waals surface area contributed by atoms with E-state index >= 15 is 0 Å². The van der Waals surface area contributed by atoms with Gasteiger partial charge in [-0.2, -0.15) is 0 Å². The van der Waals surface area contributed by atoms with Crippen molar-refractivity contribution in [3.8, 4) is 16.3 Å². The van der Waals surface area contributed by atoms with Crippen LogP contribution in [0, 0.1) is 0 Å². The first-order valence-electron chi connectivity index (χ1n) is 10.3. The first-order chi connectivity index (χ1) is 15.0. The molecule has 2 heterocycles. The van der Waals surface area contributed by atoms with E-state index in [1.165, 1.54) is 11.3 Å². The third kappa shape index (κ3) is 5.99. The summed E-state index contributed by atoms with van der Waals surface area (Å²) < 4.78 is 10.9. The number of benzene rings is 1. The minimum absolute atomic E-state index is 0.454. The standard InChI is InChI=1S/C22H29N5O3S/c1-4-27(5-2)12-6-11-24-15-7-8-16(18(13-15)29-3)25-21-14-17(26-30-21)19-9-10-20(31-19)22(23)28/h7-10,13-14,24-25H,4-6,11-12H2,1-3H3,(H2,23,28). The largest absolute Gasteiger partial charge is 0.494 e. The maximum absolute atomic E-state index is 11.3. The van der Waals surface area contributed by atoms with Gasteiger partial charge in [0.15, 0.2) is 0 Å². The van der Waals surface area contributed by atoms with E-state index in [9.17, 15) is 4.79 Å². The van der Waals surface area contributed by atoms with Gasteiger partial charge < -0.3 is 30.5 Å². The molecule has 0 aliphatic heterocycles. The van der Waals surface area contributed by atoms with E-state index in [1.54, 1.807) is 25.3 Å². The maximum atomic E-state index is 11.3. The van der Waals surface area contributed by atoms with E-state index < -0.39 is 5.91 Å². The molecule has 0 radical (unpaired) electrons. The Labute approximate surface area is 186 Å². The Bertz CT molecular complexity index is 997. The van der Waals surface area contributed by atoms with E-state index in [-0.39, 0.29) is 0 Å². The highest BCUT2D eigenvalue weighted by Crippen LogP contribution is 2.33. The fourth-order valence-corrected chi connectivity index (χ4v) is 3.98. The van der Waals surface area contributed by atoms with Crippen LogP contribution in [-0.2, 0) is 0 Å². The lowest BCUT2D eigenvalue weighted by molar-refractivity contribution is 0.100. The number of rotatable bonds is 12. The van der Waals surface area contributed by atoms with Crippen LogP contribution in [0.2, 0.25) is 0 Å². The summed E-state index contributed by atoms with van der Waals surface area (Å²) in [5, 5.41) is 10.7. The van der Waals surface area contributed by atoms with Gasteiger partial charge in [0.1, 0.15) is 11.4 Å². The number of nitrogens with zero attached hydrogens (tertiary/aromatic N) is 2. The number of nitrogens with one attached hydrogen (secondary N) is 2. The summed E-state index contributed by atoms with van der Waals surface area (Å²) in [6.45, 7) is 8.50. The summed E-state index contributed by atoms with van der Waals surface area (Å²) in [5.74, 6) is 0.714. The highest BCUT2D eigenvalue weighted by atomic mass is 32.1. The number of methoxy groups -OCH3 is 1. The van der Waals surface area contributed by atoms with Crippen LogP contribution in [0.4, 0.5) is 17.3 Å². The van der Waals surface area contributed by atoms with Gasteiger partial charge in [0.2, 0.25) is 5.88 Å². The zero-order chi connectivity index (χ0) is 22.2. The van der Waals surface area contributed by atoms with Crippen LogP contribution in [0.15, 0.2) is 40.9 Å². The maximum Gasteiger partial charge on any atom is 0.258 e. The van der Waals surface area contributed by atoms with Gasteiger partial charge >= 0.3 is 0 Å². The molecule has 2 aromatic heterocycles. The van der Waals surface area contributed by atoms with Crippen LogP contribution in [0.25, 0.3) is 10.6 Å². The molecule has 9 heteroatoms. The van der Waals surface area contributed by atoms with Crippen LogP contribution in [-0.4, -0.2) is 49.3 Å². The number of thiophene rings is 1. The number of carbonyl (C=O) groups excluding carboxylic acids is 1. The molecule has 4 N–H and O–H groups in total. The quantitative estimate of drug-likeness (QED) is 0.356. The zero-order valence-electron chi connectivity index (χ0n) is 18.1. The average Bonchev–Trinajstić information content (AvgIpc) is 3.44. The molecule has 0 aliphatic rings. The van der Waals surface area contributed by atoms with Crippen molar-refractivity contribution in [1.29, 1.82) is 0 Å². The monoisotopic (exact) mass is 443 g/mol. The predicted octanol–water partition coefficient (Wildman–Crippen LogP) is 4.40. The second-order valence-electron chi connectivity index (χ2n) is 6.95. The van der Waals surface area contributed by atoms with Crippen molar-refractivity contribution in [2.24, 2.45) is 5.73 Å². The molecule has 166 valence electrons. The molecule has 3 aromatic rings. The van der Waals surface area contributed by atoms with E-state index in [0.717, 1.165) is 48.9 Å². The van der Waals surface area contributed by atoms with Gasteiger partial charge in [0.25, 0.3) is 5.91 Å². The normalized spacial score (nSPS) is 11.0. The fourth-order valence-electron chi connectivity index (χ4n) is 3.17. The summed E-state index contributed by atoms with van der Waals surface area (Å²) in [4.78, 5) is 15.0. The summed E-state index contributed by atoms with van der Waals surface area (Å²) in [6.07, 6.45) is 1.07. The molecule has 0 unspecified atom stereocenters. The third-order valence-electron chi connectivity index (χ3n) is 4.95. The lowest BCUT2D eigenvalue weighted by atomic mass is 10.2. The Morgan fingerprint density at radius 3 is 2.71 bits per heavy atom. The van der Waals surface area contributed by atoms with Gasteiger partial charge in [-0.15, -0.1) is 11.3 Å². The fraction of sp³-hybridized carbons (Fsp3) is 0.364. The van der Waals surface area contributed by atoms with Crippen molar-refractivity contribution >= 4 is 34.5 Å². The van der Waals surface area contributed by atoms with Gasteiger partial charge in [0, 0.05) is 24.4 Å². The Hall–Kier alpha value is -3.04. The van der Waals surface area contributed by atoms with Gasteiger partial charge in [0.05, 0.1) is 22.6 Å². The minimum Gasteiger partial charge on any atom is -0.494 e. The molecule has 1 aromatic carbocycles. The Morgan fingerprint density at radius 2 is 2.03 bits per heavy atom. The Morgan fingerprint density at radius 1 is 1.23 bits per heavy atom. The van der Waals surface area contributed by atoms with Gasteiger partial charge in [-0.25, -0.2) is 0 Å². The van der Waals surface area contributed by atoms with Crippen molar-refractivity contribution in [3.05, 3.63) is 41.3 Å². The molecule has 0 bridgehead atoms. The van der Waals surface area contributed by atoms with Crippen LogP contribution >= 0.6 is 11.3 Å². The summed E-state index contributed by atoms with van der Waals surface area (Å²) in [6, 6.07) is 11.1.